The van der Waals surface area contributed by atoms with Crippen molar-refractivity contribution in [1.82, 2.24) is 0 Å². The molecule has 4 heteroatoms. The van der Waals surface area contributed by atoms with Crippen LogP contribution in [0.5, 0.6) is 11.5 Å². The summed E-state index contributed by atoms with van der Waals surface area (Å²) in [5.74, 6) is 0.444. The average Bonchev–Trinajstić information content (AvgIpc) is 2.34. The Balaban J connectivity index is 2.31. The van der Waals surface area contributed by atoms with Gasteiger partial charge < -0.3 is 4.74 Å². The Hall–Kier alpha value is -1.68. The van der Waals surface area contributed by atoms with Crippen LogP contribution in [0.3, 0.4) is 0 Å². The molecule has 0 radical (unpaired) electrons. The Labute approximate surface area is 113 Å². The van der Waals surface area contributed by atoms with Gasteiger partial charge in [0, 0.05) is 11.6 Å². The van der Waals surface area contributed by atoms with Crippen molar-refractivity contribution in [1.29, 1.82) is 0 Å². The predicted octanol–water partition coefficient (Wildman–Crippen LogP) is 4.58. The molecule has 0 bridgehead atoms. The maximum Gasteiger partial charge on any atom is 0.159 e. The third-order valence-corrected chi connectivity index (χ3v) is 3.02. The number of carbonyl (C=O) groups excluding carboxylic acids is 1. The number of Topliss-reactive ketones (excluding diaryl/α,β-unsaturated/α-hetero) is 1. The summed E-state index contributed by atoms with van der Waals surface area (Å²) in [4.78, 5) is 11.2. The minimum Gasteiger partial charge on any atom is -0.456 e. The van der Waals surface area contributed by atoms with Gasteiger partial charge >= 0.3 is 0 Å². The zero-order valence-electron chi connectivity index (χ0n) is 9.61. The Morgan fingerprint density at radius 3 is 2.72 bits per heavy atom. The normalized spacial score (nSPS) is 10.2. The van der Waals surface area contributed by atoms with Crippen LogP contribution in [0.15, 0.2) is 46.9 Å². The van der Waals surface area contributed by atoms with Crippen LogP contribution in [0, 0.1) is 5.82 Å². The molecule has 92 valence electrons. The maximum atomic E-state index is 13.1. The molecule has 0 unspecified atom stereocenters. The van der Waals surface area contributed by atoms with Crippen LogP contribution in [-0.2, 0) is 0 Å². The van der Waals surface area contributed by atoms with Crippen molar-refractivity contribution in [2.45, 2.75) is 6.92 Å². The molecule has 0 aliphatic carbocycles. The van der Waals surface area contributed by atoms with Crippen molar-refractivity contribution in [2.75, 3.05) is 0 Å². The third-order valence-electron chi connectivity index (χ3n) is 2.36. The number of ether oxygens (including phenoxy) is 1. The van der Waals surface area contributed by atoms with Crippen LogP contribution in [0.4, 0.5) is 4.39 Å². The van der Waals surface area contributed by atoms with Crippen molar-refractivity contribution in [3.63, 3.8) is 0 Å². The van der Waals surface area contributed by atoms with Crippen molar-refractivity contribution >= 4 is 21.7 Å². The monoisotopic (exact) mass is 308 g/mol. The van der Waals surface area contributed by atoms with Gasteiger partial charge in [-0.05, 0) is 47.1 Å². The van der Waals surface area contributed by atoms with E-state index in [2.05, 4.69) is 15.9 Å². The van der Waals surface area contributed by atoms with Crippen LogP contribution >= 0.6 is 15.9 Å². The van der Waals surface area contributed by atoms with Crippen LogP contribution < -0.4 is 4.74 Å². The van der Waals surface area contributed by atoms with Crippen molar-refractivity contribution < 1.29 is 13.9 Å². The molecule has 0 saturated heterocycles. The SMILES string of the molecule is CC(=O)c1cccc(Oc2cc(F)ccc2Br)c1. The highest BCUT2D eigenvalue weighted by Crippen LogP contribution is 2.30. The van der Waals surface area contributed by atoms with Gasteiger partial charge in [-0.15, -0.1) is 0 Å². The van der Waals surface area contributed by atoms with Gasteiger partial charge in [-0.2, -0.15) is 0 Å². The standard InChI is InChI=1S/C14H10BrFO2/c1-9(17)10-3-2-4-12(7-10)18-14-8-11(16)5-6-13(14)15/h2-8H,1H3. The summed E-state index contributed by atoms with van der Waals surface area (Å²) in [6, 6.07) is 10.9. The molecule has 0 heterocycles. The van der Waals surface area contributed by atoms with Gasteiger partial charge in [0.2, 0.25) is 0 Å². The fourth-order valence-corrected chi connectivity index (χ4v) is 1.79. The van der Waals surface area contributed by atoms with Crippen LogP contribution in [-0.4, -0.2) is 5.78 Å². The number of hydrogen-bond donors (Lipinski definition) is 0. The van der Waals surface area contributed by atoms with Gasteiger partial charge in [0.1, 0.15) is 17.3 Å². The number of hydrogen-bond acceptors (Lipinski definition) is 2. The Morgan fingerprint density at radius 2 is 2.00 bits per heavy atom. The highest BCUT2D eigenvalue weighted by Gasteiger charge is 2.06. The van der Waals surface area contributed by atoms with Crippen LogP contribution in [0.25, 0.3) is 0 Å². The number of ketones is 1. The summed E-state index contributed by atoms with van der Waals surface area (Å²) in [6.07, 6.45) is 0. The number of carbonyl (C=O) groups is 1. The third kappa shape index (κ3) is 2.96. The number of benzene rings is 2. The Bertz CT molecular complexity index is 596. The van der Waals surface area contributed by atoms with E-state index in [1.165, 1.54) is 19.1 Å². The molecule has 2 aromatic carbocycles. The lowest BCUT2D eigenvalue weighted by Crippen LogP contribution is -1.93. The molecular formula is C14H10BrFO2. The smallest absolute Gasteiger partial charge is 0.159 e. The van der Waals surface area contributed by atoms with Crippen molar-refractivity contribution in [3.05, 3.63) is 58.3 Å². The van der Waals surface area contributed by atoms with Gasteiger partial charge in [0.25, 0.3) is 0 Å². The van der Waals surface area contributed by atoms with E-state index in [1.54, 1.807) is 30.3 Å². The summed E-state index contributed by atoms with van der Waals surface area (Å²) in [7, 11) is 0. The van der Waals surface area contributed by atoms with E-state index in [0.717, 1.165) is 0 Å². The first-order valence-corrected chi connectivity index (χ1v) is 6.09. The summed E-state index contributed by atoms with van der Waals surface area (Å²) >= 11 is 3.28. The lowest BCUT2D eigenvalue weighted by molar-refractivity contribution is 0.101. The van der Waals surface area contributed by atoms with E-state index in [4.69, 9.17) is 4.74 Å². The zero-order valence-corrected chi connectivity index (χ0v) is 11.2. The predicted molar refractivity (Wildman–Crippen MR) is 70.6 cm³/mol. The van der Waals surface area contributed by atoms with Gasteiger partial charge in [-0.3, -0.25) is 4.79 Å². The second-order valence-corrected chi connectivity index (χ2v) is 4.62. The molecule has 2 nitrogen and oxygen atoms in total. The van der Waals surface area contributed by atoms with E-state index in [-0.39, 0.29) is 11.6 Å². The summed E-state index contributed by atoms with van der Waals surface area (Å²) in [5, 5.41) is 0. The molecule has 18 heavy (non-hydrogen) atoms. The Kier molecular flexibility index (Phi) is 3.77. The zero-order chi connectivity index (χ0) is 13.1. The fourth-order valence-electron chi connectivity index (χ4n) is 1.46. The molecule has 0 amide bonds. The molecule has 0 aliphatic rings. The van der Waals surface area contributed by atoms with Gasteiger partial charge in [0.05, 0.1) is 4.47 Å². The molecule has 0 saturated carbocycles. The first-order valence-electron chi connectivity index (χ1n) is 5.30. The molecule has 0 atom stereocenters. The minimum atomic E-state index is -0.379. The molecule has 0 aromatic heterocycles. The van der Waals surface area contributed by atoms with Crippen LogP contribution in [0.1, 0.15) is 17.3 Å². The maximum absolute atomic E-state index is 13.1. The second kappa shape index (κ2) is 5.31. The van der Waals surface area contributed by atoms with Crippen molar-refractivity contribution in [3.8, 4) is 11.5 Å². The molecule has 0 spiro atoms. The van der Waals surface area contributed by atoms with Gasteiger partial charge in [0.15, 0.2) is 5.78 Å². The van der Waals surface area contributed by atoms with Gasteiger partial charge in [-0.25, -0.2) is 4.39 Å². The molecule has 2 aromatic rings. The first-order chi connectivity index (χ1) is 8.56. The second-order valence-electron chi connectivity index (χ2n) is 3.76. The van der Waals surface area contributed by atoms with E-state index in [9.17, 15) is 9.18 Å². The highest BCUT2D eigenvalue weighted by atomic mass is 79.9. The number of halogens is 2. The lowest BCUT2D eigenvalue weighted by atomic mass is 10.1. The topological polar surface area (TPSA) is 26.3 Å². The minimum absolute atomic E-state index is 0.0428. The summed E-state index contributed by atoms with van der Waals surface area (Å²) in [6.45, 7) is 1.48. The molecule has 0 fully saturated rings. The van der Waals surface area contributed by atoms with E-state index < -0.39 is 0 Å². The number of rotatable bonds is 3. The average molecular weight is 309 g/mol. The largest absolute Gasteiger partial charge is 0.456 e. The molecular weight excluding hydrogens is 299 g/mol. The van der Waals surface area contributed by atoms with Crippen LogP contribution in [0.2, 0.25) is 0 Å². The lowest BCUT2D eigenvalue weighted by Gasteiger charge is -2.08. The summed E-state index contributed by atoms with van der Waals surface area (Å²) in [5.41, 5.74) is 0.556. The van der Waals surface area contributed by atoms with Crippen molar-refractivity contribution in [2.24, 2.45) is 0 Å². The van der Waals surface area contributed by atoms with Gasteiger partial charge in [-0.1, -0.05) is 12.1 Å². The fraction of sp³-hybridized carbons (Fsp3) is 0.0714. The molecule has 0 aliphatic heterocycles. The molecule has 0 N–H and O–H groups in total. The highest BCUT2D eigenvalue weighted by molar-refractivity contribution is 9.10. The molecule has 2 rings (SSSR count). The van der Waals surface area contributed by atoms with E-state index >= 15 is 0 Å². The summed E-state index contributed by atoms with van der Waals surface area (Å²) < 4.78 is 19.3. The van der Waals surface area contributed by atoms with E-state index in [1.807, 2.05) is 0 Å². The van der Waals surface area contributed by atoms with E-state index in [0.29, 0.717) is 21.5 Å². The first kappa shape index (κ1) is 12.8. The quantitative estimate of drug-likeness (QED) is 0.776. The Morgan fingerprint density at radius 1 is 1.22 bits per heavy atom.